The summed E-state index contributed by atoms with van der Waals surface area (Å²) in [5, 5.41) is 0. The monoisotopic (exact) mass is 590 g/mol. The Hall–Kier alpha value is -5.24. The molecule has 8 nitrogen and oxygen atoms in total. The fourth-order valence-electron chi connectivity index (χ4n) is 6.11. The second kappa shape index (κ2) is 11.4. The van der Waals surface area contributed by atoms with Crippen molar-refractivity contribution < 1.29 is 38.0 Å². The first kappa shape index (κ1) is 27.6. The minimum absolute atomic E-state index is 0.0783. The SMILES string of the molecule is COc1cccc(/C=C2\Oc3c(ccc4c3C(c3ccccc3OCCc3ccc5c(c3)CCO5)CC(=O)O4)C2=O)c1OC. The van der Waals surface area contributed by atoms with Gasteiger partial charge in [0.25, 0.3) is 0 Å². The summed E-state index contributed by atoms with van der Waals surface area (Å²) in [4.78, 5) is 26.4. The first-order chi connectivity index (χ1) is 21.5. The molecule has 0 N–H and O–H groups in total. The lowest BCUT2D eigenvalue weighted by Crippen LogP contribution is -2.22. The average Bonchev–Trinajstić information content (AvgIpc) is 3.64. The largest absolute Gasteiger partial charge is 0.493 e. The van der Waals surface area contributed by atoms with Crippen LogP contribution in [0, 0.1) is 0 Å². The first-order valence-electron chi connectivity index (χ1n) is 14.5. The number of esters is 1. The molecule has 0 aromatic heterocycles. The van der Waals surface area contributed by atoms with Crippen LogP contribution in [-0.4, -0.2) is 39.2 Å². The Bertz CT molecular complexity index is 1820. The number of carbonyl (C=O) groups excluding carboxylic acids is 2. The number of ether oxygens (including phenoxy) is 6. The van der Waals surface area contributed by atoms with Crippen LogP contribution in [0.15, 0.2) is 78.6 Å². The van der Waals surface area contributed by atoms with Gasteiger partial charge in [-0.2, -0.15) is 0 Å². The average molecular weight is 591 g/mol. The molecule has 4 aromatic rings. The van der Waals surface area contributed by atoms with Crippen LogP contribution < -0.4 is 28.4 Å². The zero-order chi connectivity index (χ0) is 30.2. The maximum atomic E-state index is 13.6. The number of allylic oxidation sites excluding steroid dienone is 1. The lowest BCUT2D eigenvalue weighted by molar-refractivity contribution is -0.135. The summed E-state index contributed by atoms with van der Waals surface area (Å²) in [6, 6.07) is 22.6. The number of para-hydroxylation sites is 2. The summed E-state index contributed by atoms with van der Waals surface area (Å²) in [7, 11) is 3.10. The Morgan fingerprint density at radius 2 is 1.73 bits per heavy atom. The van der Waals surface area contributed by atoms with Crippen molar-refractivity contribution in [1.29, 1.82) is 0 Å². The van der Waals surface area contributed by atoms with E-state index in [0.29, 0.717) is 52.0 Å². The van der Waals surface area contributed by atoms with Gasteiger partial charge in [0.05, 0.1) is 39.4 Å². The molecular formula is C36H30O8. The van der Waals surface area contributed by atoms with Crippen LogP contribution in [0.4, 0.5) is 0 Å². The second-order valence-corrected chi connectivity index (χ2v) is 10.8. The molecule has 0 saturated carbocycles. The second-order valence-electron chi connectivity index (χ2n) is 10.8. The molecule has 0 amide bonds. The molecule has 3 aliphatic rings. The predicted octanol–water partition coefficient (Wildman–Crippen LogP) is 6.32. The van der Waals surface area contributed by atoms with E-state index < -0.39 is 5.92 Å². The van der Waals surface area contributed by atoms with E-state index in [1.165, 1.54) is 11.1 Å². The lowest BCUT2D eigenvalue weighted by Gasteiger charge is -2.27. The van der Waals surface area contributed by atoms with E-state index in [1.54, 1.807) is 38.5 Å². The molecule has 44 heavy (non-hydrogen) atoms. The molecule has 0 bridgehead atoms. The summed E-state index contributed by atoms with van der Waals surface area (Å²) in [6.07, 6.45) is 3.36. The van der Waals surface area contributed by atoms with Gasteiger partial charge in [-0.3, -0.25) is 9.59 Å². The van der Waals surface area contributed by atoms with E-state index in [4.69, 9.17) is 28.4 Å². The minimum Gasteiger partial charge on any atom is -0.493 e. The predicted molar refractivity (Wildman–Crippen MR) is 162 cm³/mol. The molecule has 1 atom stereocenters. The van der Waals surface area contributed by atoms with Gasteiger partial charge in [0, 0.05) is 35.4 Å². The van der Waals surface area contributed by atoms with Gasteiger partial charge >= 0.3 is 5.97 Å². The van der Waals surface area contributed by atoms with Gasteiger partial charge in [-0.15, -0.1) is 0 Å². The van der Waals surface area contributed by atoms with Crippen molar-refractivity contribution in [2.45, 2.75) is 25.2 Å². The van der Waals surface area contributed by atoms with Crippen molar-refractivity contribution in [2.24, 2.45) is 0 Å². The van der Waals surface area contributed by atoms with Gasteiger partial charge in [0.2, 0.25) is 5.78 Å². The van der Waals surface area contributed by atoms with Crippen LogP contribution in [0.2, 0.25) is 0 Å². The number of rotatable bonds is 8. The molecule has 7 rings (SSSR count). The van der Waals surface area contributed by atoms with Crippen LogP contribution in [-0.2, 0) is 17.6 Å². The highest BCUT2D eigenvalue weighted by Gasteiger charge is 2.39. The van der Waals surface area contributed by atoms with Gasteiger partial charge in [0.1, 0.15) is 23.0 Å². The molecule has 8 heteroatoms. The minimum atomic E-state index is -0.437. The third-order valence-electron chi connectivity index (χ3n) is 8.20. The van der Waals surface area contributed by atoms with Crippen LogP contribution in [0.25, 0.3) is 6.08 Å². The van der Waals surface area contributed by atoms with E-state index in [0.717, 1.165) is 30.8 Å². The normalized spacial score (nSPS) is 17.2. The van der Waals surface area contributed by atoms with Crippen molar-refractivity contribution in [3.63, 3.8) is 0 Å². The number of fused-ring (bicyclic) bond motifs is 4. The number of methoxy groups -OCH3 is 2. The highest BCUT2D eigenvalue weighted by atomic mass is 16.5. The number of hydrogen-bond donors (Lipinski definition) is 0. The molecule has 0 spiro atoms. The van der Waals surface area contributed by atoms with E-state index in [2.05, 4.69) is 12.1 Å². The van der Waals surface area contributed by atoms with Crippen molar-refractivity contribution >= 4 is 17.8 Å². The van der Waals surface area contributed by atoms with Gasteiger partial charge in [0.15, 0.2) is 17.3 Å². The number of carbonyl (C=O) groups is 2. The van der Waals surface area contributed by atoms with Gasteiger partial charge < -0.3 is 28.4 Å². The summed E-state index contributed by atoms with van der Waals surface area (Å²) >= 11 is 0. The summed E-state index contributed by atoms with van der Waals surface area (Å²) in [5.41, 5.74) is 4.90. The smallest absolute Gasteiger partial charge is 0.312 e. The topological polar surface area (TPSA) is 89.5 Å². The van der Waals surface area contributed by atoms with Crippen LogP contribution in [0.5, 0.6) is 34.5 Å². The summed E-state index contributed by atoms with van der Waals surface area (Å²) in [6.45, 7) is 1.18. The first-order valence-corrected chi connectivity index (χ1v) is 14.5. The molecule has 0 saturated heterocycles. The standard InChI is InChI=1S/C36H30O8/c1-39-30-9-5-6-23(35(30)40-2)19-31-34(38)25-11-13-29-33(36(25)44-31)26(20-32(37)43-29)24-7-3-4-8-28(24)42-16-14-21-10-12-27-22(18-21)15-17-41-27/h3-13,18-19,26H,14-17,20H2,1-2H3/b31-19-. The zero-order valence-corrected chi connectivity index (χ0v) is 24.4. The molecule has 0 aliphatic carbocycles. The maximum Gasteiger partial charge on any atom is 0.312 e. The lowest BCUT2D eigenvalue weighted by atomic mass is 9.84. The number of hydrogen-bond acceptors (Lipinski definition) is 8. The summed E-state index contributed by atoms with van der Waals surface area (Å²) in [5.74, 6) is 2.47. The Morgan fingerprint density at radius 3 is 2.59 bits per heavy atom. The zero-order valence-electron chi connectivity index (χ0n) is 24.4. The molecule has 3 aliphatic heterocycles. The van der Waals surface area contributed by atoms with Crippen molar-refractivity contribution in [3.8, 4) is 34.5 Å². The van der Waals surface area contributed by atoms with Gasteiger partial charge in [-0.1, -0.05) is 42.5 Å². The van der Waals surface area contributed by atoms with Crippen molar-refractivity contribution in [2.75, 3.05) is 27.4 Å². The van der Waals surface area contributed by atoms with E-state index in [1.807, 2.05) is 42.5 Å². The molecular weight excluding hydrogens is 560 g/mol. The Morgan fingerprint density at radius 1 is 0.886 bits per heavy atom. The van der Waals surface area contributed by atoms with Gasteiger partial charge in [-0.25, -0.2) is 0 Å². The van der Waals surface area contributed by atoms with Crippen LogP contribution in [0.1, 0.15) is 50.5 Å². The van der Waals surface area contributed by atoms with E-state index in [9.17, 15) is 9.59 Å². The Kier molecular flexibility index (Phi) is 7.18. The van der Waals surface area contributed by atoms with E-state index in [-0.39, 0.29) is 23.9 Å². The molecule has 1 unspecified atom stereocenters. The molecule has 0 fully saturated rings. The molecule has 3 heterocycles. The van der Waals surface area contributed by atoms with E-state index >= 15 is 0 Å². The van der Waals surface area contributed by atoms with Crippen molar-refractivity contribution in [1.82, 2.24) is 0 Å². The highest BCUT2D eigenvalue weighted by molar-refractivity contribution is 6.15. The van der Waals surface area contributed by atoms with Crippen LogP contribution in [0.3, 0.4) is 0 Å². The quantitative estimate of drug-likeness (QED) is 0.134. The third-order valence-corrected chi connectivity index (χ3v) is 8.20. The third kappa shape index (κ3) is 4.92. The number of Topliss-reactive ketones (excluding diaryl/α,β-unsaturated/α-hetero) is 1. The Balaban J connectivity index is 1.20. The van der Waals surface area contributed by atoms with Gasteiger partial charge in [-0.05, 0) is 47.5 Å². The Labute approximate surface area is 254 Å². The fourth-order valence-corrected chi connectivity index (χ4v) is 6.11. The molecule has 4 aromatic carbocycles. The number of benzene rings is 4. The number of ketones is 1. The van der Waals surface area contributed by atoms with Crippen LogP contribution >= 0.6 is 0 Å². The summed E-state index contributed by atoms with van der Waals surface area (Å²) < 4.78 is 34.8. The van der Waals surface area contributed by atoms with Crippen molar-refractivity contribution in [3.05, 3.63) is 112 Å². The maximum absolute atomic E-state index is 13.6. The highest BCUT2D eigenvalue weighted by Crippen LogP contribution is 2.50. The molecule has 0 radical (unpaired) electrons. The fraction of sp³-hybridized carbons (Fsp3) is 0.222. The molecule has 222 valence electrons.